The van der Waals surface area contributed by atoms with Crippen LogP contribution in [0.2, 0.25) is 0 Å². The molecule has 1 atom stereocenters. The summed E-state index contributed by atoms with van der Waals surface area (Å²) in [6.07, 6.45) is 1.13. The highest BCUT2D eigenvalue weighted by Crippen LogP contribution is 2.30. The van der Waals surface area contributed by atoms with E-state index in [1.54, 1.807) is 25.1 Å². The molecular weight excluding hydrogens is 416 g/mol. The van der Waals surface area contributed by atoms with Crippen LogP contribution in [-0.2, 0) is 9.59 Å². The number of hydrogen-bond acceptors (Lipinski definition) is 7. The van der Waals surface area contributed by atoms with Crippen molar-refractivity contribution in [3.8, 4) is 11.5 Å². The van der Waals surface area contributed by atoms with E-state index in [0.29, 0.717) is 37.4 Å². The first-order chi connectivity index (χ1) is 15.3. The van der Waals surface area contributed by atoms with E-state index in [1.807, 2.05) is 4.90 Å². The van der Waals surface area contributed by atoms with Crippen molar-refractivity contribution in [2.24, 2.45) is 5.92 Å². The highest BCUT2D eigenvalue weighted by atomic mass is 16.6. The van der Waals surface area contributed by atoms with Gasteiger partial charge < -0.3 is 20.5 Å². The standard InChI is InChI=1S/C22H26N4O6/c1-14(21(28)24-18-13-16(26(30)31)7-8-20(18)32-2)25-11-9-15(10-12-25)22(29)23-17-5-3-4-6-19(17)27/h3-8,13-15,27H,9-12H2,1-2H3,(H,23,29)(H,24,28)/t14-/m1/s1. The molecule has 170 valence electrons. The predicted molar refractivity (Wildman–Crippen MR) is 119 cm³/mol. The molecule has 2 aromatic carbocycles. The van der Waals surface area contributed by atoms with Gasteiger partial charge in [-0.05, 0) is 51.1 Å². The number of nitrogens with zero attached hydrogens (tertiary/aromatic N) is 2. The summed E-state index contributed by atoms with van der Waals surface area (Å²) in [5, 5.41) is 26.3. The number of nitro benzene ring substituents is 1. The fraction of sp³-hybridized carbons (Fsp3) is 0.364. The second-order valence-corrected chi connectivity index (χ2v) is 7.62. The van der Waals surface area contributed by atoms with Crippen molar-refractivity contribution >= 4 is 28.9 Å². The van der Waals surface area contributed by atoms with E-state index in [2.05, 4.69) is 10.6 Å². The zero-order chi connectivity index (χ0) is 23.3. The molecular formula is C22H26N4O6. The summed E-state index contributed by atoms with van der Waals surface area (Å²) < 4.78 is 5.19. The van der Waals surface area contributed by atoms with Crippen molar-refractivity contribution in [2.45, 2.75) is 25.8 Å². The van der Waals surface area contributed by atoms with E-state index < -0.39 is 11.0 Å². The maximum Gasteiger partial charge on any atom is 0.271 e. The van der Waals surface area contributed by atoms with E-state index in [9.17, 15) is 24.8 Å². The number of likely N-dealkylation sites (tertiary alicyclic amines) is 1. The van der Waals surface area contributed by atoms with Crippen LogP contribution in [0.3, 0.4) is 0 Å². The van der Waals surface area contributed by atoms with Crippen molar-refractivity contribution in [3.05, 3.63) is 52.6 Å². The maximum absolute atomic E-state index is 12.8. The number of para-hydroxylation sites is 2. The van der Waals surface area contributed by atoms with E-state index >= 15 is 0 Å². The lowest BCUT2D eigenvalue weighted by Crippen LogP contribution is -2.47. The Morgan fingerprint density at radius 1 is 1.16 bits per heavy atom. The largest absolute Gasteiger partial charge is 0.506 e. The molecule has 0 aromatic heterocycles. The van der Waals surface area contributed by atoms with Gasteiger partial charge in [0.1, 0.15) is 11.5 Å². The fourth-order valence-electron chi connectivity index (χ4n) is 3.67. The summed E-state index contributed by atoms with van der Waals surface area (Å²) in [5.41, 5.74) is 0.457. The average Bonchev–Trinajstić information content (AvgIpc) is 2.80. The Balaban J connectivity index is 1.57. The summed E-state index contributed by atoms with van der Waals surface area (Å²) in [7, 11) is 1.42. The second-order valence-electron chi connectivity index (χ2n) is 7.62. The molecule has 0 spiro atoms. The van der Waals surface area contributed by atoms with Crippen molar-refractivity contribution in [1.29, 1.82) is 0 Å². The van der Waals surface area contributed by atoms with E-state index in [4.69, 9.17) is 4.74 Å². The number of nitro groups is 1. The second kappa shape index (κ2) is 10.1. The Hall–Kier alpha value is -3.66. The number of carbonyl (C=O) groups excluding carboxylic acids is 2. The van der Waals surface area contributed by atoms with Crippen molar-refractivity contribution in [2.75, 3.05) is 30.8 Å². The Bertz CT molecular complexity index is 1000. The molecule has 10 nitrogen and oxygen atoms in total. The van der Waals surface area contributed by atoms with Crippen LogP contribution in [0.5, 0.6) is 11.5 Å². The highest BCUT2D eigenvalue weighted by molar-refractivity contribution is 5.96. The maximum atomic E-state index is 12.8. The first-order valence-electron chi connectivity index (χ1n) is 10.3. The van der Waals surface area contributed by atoms with Gasteiger partial charge >= 0.3 is 0 Å². The molecule has 10 heteroatoms. The molecule has 0 bridgehead atoms. The monoisotopic (exact) mass is 442 g/mol. The molecule has 1 aliphatic heterocycles. The van der Waals surface area contributed by atoms with Crippen LogP contribution in [0, 0.1) is 16.0 Å². The number of ether oxygens (including phenoxy) is 1. The molecule has 3 N–H and O–H groups in total. The Labute approximate surface area is 185 Å². The number of phenolic OH excluding ortho intramolecular Hbond substituents is 1. The average molecular weight is 442 g/mol. The molecule has 2 amide bonds. The Morgan fingerprint density at radius 3 is 2.47 bits per heavy atom. The van der Waals surface area contributed by atoms with Gasteiger partial charge in [0.05, 0.1) is 29.4 Å². The van der Waals surface area contributed by atoms with Crippen molar-refractivity contribution < 1.29 is 24.4 Å². The lowest BCUT2D eigenvalue weighted by Gasteiger charge is -2.34. The number of nitrogens with one attached hydrogen (secondary N) is 2. The van der Waals surface area contributed by atoms with Crippen LogP contribution >= 0.6 is 0 Å². The Kier molecular flexibility index (Phi) is 7.26. The molecule has 3 rings (SSSR count). The van der Waals surface area contributed by atoms with Crippen LogP contribution < -0.4 is 15.4 Å². The van der Waals surface area contributed by atoms with E-state index in [-0.39, 0.29) is 34.9 Å². The molecule has 0 aliphatic carbocycles. The third-order valence-electron chi connectivity index (χ3n) is 5.64. The predicted octanol–water partition coefficient (Wildman–Crippen LogP) is 2.99. The zero-order valence-electron chi connectivity index (χ0n) is 17.9. The molecule has 0 radical (unpaired) electrons. The normalized spacial score (nSPS) is 15.6. The number of piperidine rings is 1. The zero-order valence-corrected chi connectivity index (χ0v) is 17.9. The van der Waals surface area contributed by atoms with Crippen molar-refractivity contribution in [1.82, 2.24) is 4.90 Å². The number of amides is 2. The van der Waals surface area contributed by atoms with E-state index in [1.165, 1.54) is 31.4 Å². The number of rotatable bonds is 7. The van der Waals surface area contributed by atoms with Gasteiger partial charge in [-0.25, -0.2) is 0 Å². The smallest absolute Gasteiger partial charge is 0.271 e. The summed E-state index contributed by atoms with van der Waals surface area (Å²) >= 11 is 0. The first-order valence-corrected chi connectivity index (χ1v) is 10.3. The number of methoxy groups -OCH3 is 1. The molecule has 0 saturated carbocycles. The van der Waals surface area contributed by atoms with Gasteiger partial charge in [-0.15, -0.1) is 0 Å². The summed E-state index contributed by atoms with van der Waals surface area (Å²) in [4.78, 5) is 37.8. The Morgan fingerprint density at radius 2 is 1.84 bits per heavy atom. The molecule has 1 aliphatic rings. The number of benzene rings is 2. The molecule has 32 heavy (non-hydrogen) atoms. The van der Waals surface area contributed by atoms with Gasteiger partial charge in [0, 0.05) is 18.1 Å². The molecule has 1 heterocycles. The first kappa shape index (κ1) is 23.0. The summed E-state index contributed by atoms with van der Waals surface area (Å²) in [5.74, 6) is -0.362. The summed E-state index contributed by atoms with van der Waals surface area (Å²) in [6.45, 7) is 2.83. The minimum absolute atomic E-state index is 0.0140. The van der Waals surface area contributed by atoms with Gasteiger partial charge in [0.15, 0.2) is 0 Å². The minimum atomic E-state index is -0.538. The van der Waals surface area contributed by atoms with Crippen LogP contribution in [0.4, 0.5) is 17.1 Å². The van der Waals surface area contributed by atoms with Crippen LogP contribution in [0.1, 0.15) is 19.8 Å². The lowest BCUT2D eigenvalue weighted by atomic mass is 9.94. The summed E-state index contributed by atoms with van der Waals surface area (Å²) in [6, 6.07) is 10.1. The van der Waals surface area contributed by atoms with Gasteiger partial charge in [0.2, 0.25) is 11.8 Å². The number of non-ortho nitro benzene ring substituents is 1. The van der Waals surface area contributed by atoms with Gasteiger partial charge in [-0.3, -0.25) is 24.6 Å². The molecule has 1 fully saturated rings. The van der Waals surface area contributed by atoms with Crippen molar-refractivity contribution in [3.63, 3.8) is 0 Å². The van der Waals surface area contributed by atoms with Crippen LogP contribution in [0.15, 0.2) is 42.5 Å². The number of carbonyl (C=O) groups is 2. The molecule has 1 saturated heterocycles. The third-order valence-corrected chi connectivity index (χ3v) is 5.64. The number of aromatic hydroxyl groups is 1. The minimum Gasteiger partial charge on any atom is -0.506 e. The fourth-order valence-corrected chi connectivity index (χ4v) is 3.67. The quantitative estimate of drug-likeness (QED) is 0.341. The lowest BCUT2D eigenvalue weighted by molar-refractivity contribution is -0.384. The van der Waals surface area contributed by atoms with Gasteiger partial charge in [-0.1, -0.05) is 12.1 Å². The van der Waals surface area contributed by atoms with Gasteiger partial charge in [0.25, 0.3) is 5.69 Å². The molecule has 0 unspecified atom stereocenters. The topological polar surface area (TPSA) is 134 Å². The highest BCUT2D eigenvalue weighted by Gasteiger charge is 2.30. The number of hydrogen-bond donors (Lipinski definition) is 3. The number of phenols is 1. The molecule has 2 aromatic rings. The SMILES string of the molecule is COc1ccc([N+](=O)[O-])cc1NC(=O)[C@@H](C)N1CCC(C(=O)Nc2ccccc2O)CC1. The van der Waals surface area contributed by atoms with E-state index in [0.717, 1.165) is 0 Å². The van der Waals surface area contributed by atoms with Crippen LogP contribution in [0.25, 0.3) is 0 Å². The van der Waals surface area contributed by atoms with Crippen LogP contribution in [-0.4, -0.2) is 53.0 Å². The van der Waals surface area contributed by atoms with Gasteiger partial charge in [-0.2, -0.15) is 0 Å². The third kappa shape index (κ3) is 5.33. The number of anilines is 2.